The second-order valence-electron chi connectivity index (χ2n) is 21.3. The Morgan fingerprint density at radius 1 is 0.419 bits per heavy atom. The van der Waals surface area contributed by atoms with Crippen molar-refractivity contribution >= 4 is 11.4 Å². The Labute approximate surface area is 474 Å². The third kappa shape index (κ3) is 34.4. The van der Waals surface area contributed by atoms with Crippen LogP contribution >= 0.6 is 0 Å². The van der Waals surface area contributed by atoms with Crippen LogP contribution in [0.25, 0.3) is 11.1 Å². The molecule has 0 bridgehead atoms. The van der Waals surface area contributed by atoms with Gasteiger partial charge in [-0.25, -0.2) is 0 Å². The van der Waals surface area contributed by atoms with E-state index in [0.717, 1.165) is 89.0 Å². The molecule has 0 unspecified atom stereocenters. The summed E-state index contributed by atoms with van der Waals surface area (Å²) >= 11 is 0. The molecule has 0 atom stereocenters. The Morgan fingerprint density at radius 3 is 1.11 bits per heavy atom. The molecular formula is C69H120N2O2Pd. The maximum Gasteiger partial charge on any atom is 0.303 e. The van der Waals surface area contributed by atoms with E-state index in [1.807, 2.05) is 13.8 Å². The number of aliphatic hydroxyl groups excluding tert-OH is 2. The molecule has 0 heterocycles. The molecule has 0 aliphatic carbocycles. The van der Waals surface area contributed by atoms with Gasteiger partial charge in [-0.05, 0) is 146 Å². The molecule has 0 spiro atoms. The molecule has 0 aromatic heterocycles. The third-order valence-corrected chi connectivity index (χ3v) is 14.4. The topological polar surface area (TPSA) is 76.9 Å². The summed E-state index contributed by atoms with van der Waals surface area (Å²) in [5.74, 6) is 3.19. The minimum atomic E-state index is 0. The molecule has 0 radical (unpaired) electrons. The van der Waals surface area contributed by atoms with E-state index < -0.39 is 0 Å². The number of aliphatic hydroxyl groups is 2. The molecule has 0 fully saturated rings. The van der Waals surface area contributed by atoms with Crippen molar-refractivity contribution in [2.75, 3.05) is 13.2 Å². The first-order valence-corrected chi connectivity index (χ1v) is 31.7. The molecule has 0 saturated heterocycles. The molecular weight excluding hydrogens is 995 g/mol. The van der Waals surface area contributed by atoms with E-state index in [0.29, 0.717) is 13.2 Å². The van der Waals surface area contributed by atoms with Gasteiger partial charge in [0, 0.05) is 39.2 Å². The zero-order valence-corrected chi connectivity index (χ0v) is 52.1. The standard InChI is InChI=1S/C63H104N2.2C3H8O.Pd/c1-9-17-22-23-24-25-26-27-28-29-30-31-32-33-34-35-36-37-38-39-47-62(57(52-65-64)45-20-12-4)63(58-48-53(40-14-6)60(42-16-8)54(49-58)41-15-7)59-50-55(43-18-10-2)61(46-21-13-5)56(51-59)44-19-11-3;2*1-2-3-4;/h39,47-51H,9-38,40-46H2,1-8H3;2*4H,2-3H2,1H3;. The smallest absolute Gasteiger partial charge is 0.303 e. The Bertz CT molecular complexity index is 1700. The van der Waals surface area contributed by atoms with Crippen molar-refractivity contribution in [3.8, 4) is 0 Å². The normalized spacial score (nSPS) is 11.3. The van der Waals surface area contributed by atoms with E-state index in [2.05, 4.69) is 102 Å². The first-order chi connectivity index (χ1) is 35.8. The van der Waals surface area contributed by atoms with Crippen LogP contribution in [-0.4, -0.2) is 34.1 Å². The van der Waals surface area contributed by atoms with Crippen molar-refractivity contribution in [2.24, 2.45) is 0 Å². The number of benzene rings is 2. The van der Waals surface area contributed by atoms with Gasteiger partial charge in [0.1, 0.15) is 0 Å². The first kappa shape index (κ1) is 73.7. The van der Waals surface area contributed by atoms with Gasteiger partial charge in [0.15, 0.2) is 0 Å². The van der Waals surface area contributed by atoms with Gasteiger partial charge in [-0.3, -0.25) is 0 Å². The molecule has 0 amide bonds. The second kappa shape index (κ2) is 54.0. The van der Waals surface area contributed by atoms with Crippen molar-refractivity contribution in [2.45, 2.75) is 320 Å². The molecule has 0 aliphatic rings. The van der Waals surface area contributed by atoms with Gasteiger partial charge < -0.3 is 15.7 Å². The second-order valence-corrected chi connectivity index (χ2v) is 21.3. The maximum atomic E-state index is 10.2. The molecule has 428 valence electrons. The number of nitrogens with zero attached hydrogens (tertiary/aromatic N) is 2. The van der Waals surface area contributed by atoms with E-state index in [9.17, 15) is 5.53 Å². The minimum absolute atomic E-state index is 0. The van der Waals surface area contributed by atoms with Crippen LogP contribution in [0.2, 0.25) is 0 Å². The van der Waals surface area contributed by atoms with Crippen molar-refractivity contribution in [3.05, 3.63) is 97.6 Å². The molecule has 4 nitrogen and oxygen atoms in total. The van der Waals surface area contributed by atoms with Gasteiger partial charge in [0.25, 0.3) is 0 Å². The molecule has 5 heteroatoms. The Morgan fingerprint density at radius 2 is 0.757 bits per heavy atom. The molecule has 0 saturated carbocycles. The number of unbranched alkanes of at least 4 members (excludes halogenated alkanes) is 22. The summed E-state index contributed by atoms with van der Waals surface area (Å²) in [6.45, 7) is 23.1. The molecule has 2 aromatic carbocycles. The number of rotatable bonds is 43. The van der Waals surface area contributed by atoms with Crippen LogP contribution in [0.5, 0.6) is 0 Å². The van der Waals surface area contributed by atoms with Gasteiger partial charge in [0.05, 0.1) is 5.57 Å². The summed E-state index contributed by atoms with van der Waals surface area (Å²) in [5, 5.41) is 15.8. The summed E-state index contributed by atoms with van der Waals surface area (Å²) < 4.78 is 0. The van der Waals surface area contributed by atoms with Crippen LogP contribution < -0.4 is 0 Å². The van der Waals surface area contributed by atoms with Gasteiger partial charge in [-0.1, -0.05) is 260 Å². The summed E-state index contributed by atoms with van der Waals surface area (Å²) in [6, 6.07) is 10.3. The van der Waals surface area contributed by atoms with E-state index in [1.54, 1.807) is 22.3 Å². The van der Waals surface area contributed by atoms with Crippen LogP contribution in [0.3, 0.4) is 0 Å². The van der Waals surface area contributed by atoms with Crippen LogP contribution in [-0.2, 0) is 58.9 Å². The van der Waals surface area contributed by atoms with E-state index in [4.69, 9.17) is 10.2 Å². The Hall–Kier alpha value is -2.34. The molecule has 2 aromatic rings. The van der Waals surface area contributed by atoms with Gasteiger partial charge in [0.2, 0.25) is 0 Å². The third-order valence-electron chi connectivity index (χ3n) is 14.4. The monoisotopic (exact) mass is 1110 g/mol. The predicted molar refractivity (Wildman–Crippen MR) is 326 cm³/mol. The number of aryl methyl sites for hydroxylation is 4. The SMILES string of the molecule is CCCCCCCCCCCCCCCCCCCCC=CC(C(=C=[N+]=[N-])CCCC)=C(c1cc(CCC)c(CCC)c(CCC)c1)c1cc(CCCC)c(CCCC)c(CCCC)c1.CCCO.CCCO.[Pd]. The van der Waals surface area contributed by atoms with Gasteiger partial charge in [-0.15, -0.1) is 4.79 Å². The van der Waals surface area contributed by atoms with E-state index in [-0.39, 0.29) is 20.4 Å². The van der Waals surface area contributed by atoms with Crippen LogP contribution in [0, 0.1) is 0 Å². The van der Waals surface area contributed by atoms with E-state index >= 15 is 0 Å². The number of allylic oxidation sites excluding steroid dienone is 4. The van der Waals surface area contributed by atoms with Crippen molar-refractivity contribution in [1.29, 1.82) is 0 Å². The van der Waals surface area contributed by atoms with Crippen LogP contribution in [0.15, 0.2) is 47.6 Å². The minimum Gasteiger partial charge on any atom is -0.396 e. The van der Waals surface area contributed by atoms with Gasteiger partial charge in [-0.2, -0.15) is 0 Å². The summed E-state index contributed by atoms with van der Waals surface area (Å²) in [7, 11) is 0. The number of hydrogen-bond donors (Lipinski definition) is 2. The number of hydrogen-bond acceptors (Lipinski definition) is 2. The fourth-order valence-electron chi connectivity index (χ4n) is 10.1. The van der Waals surface area contributed by atoms with Crippen LogP contribution in [0.4, 0.5) is 0 Å². The summed E-state index contributed by atoms with van der Waals surface area (Å²) in [4.78, 5) is 3.66. The Balaban J connectivity index is 0. The van der Waals surface area contributed by atoms with Gasteiger partial charge >= 0.3 is 5.87 Å². The first-order valence-electron chi connectivity index (χ1n) is 31.7. The van der Waals surface area contributed by atoms with E-state index in [1.165, 1.54) is 200 Å². The largest absolute Gasteiger partial charge is 0.396 e. The quantitative estimate of drug-likeness (QED) is 0.0173. The maximum absolute atomic E-state index is 10.2. The fourth-order valence-corrected chi connectivity index (χ4v) is 10.1. The van der Waals surface area contributed by atoms with Crippen LogP contribution in [0.1, 0.15) is 326 Å². The fraction of sp³-hybridized carbons (Fsp3) is 0.739. The summed E-state index contributed by atoms with van der Waals surface area (Å²) in [5.41, 5.74) is 25.8. The zero-order chi connectivity index (χ0) is 54.0. The Kier molecular flexibility index (Phi) is 53.8. The van der Waals surface area contributed by atoms with Crippen molar-refractivity contribution in [3.63, 3.8) is 0 Å². The molecule has 0 aliphatic heterocycles. The molecule has 74 heavy (non-hydrogen) atoms. The average Bonchev–Trinajstić information content (AvgIpc) is 3.40. The average molecular weight is 1120 g/mol. The molecule has 2 N–H and O–H groups in total. The van der Waals surface area contributed by atoms with Crippen molar-refractivity contribution in [1.82, 2.24) is 0 Å². The zero-order valence-electron chi connectivity index (χ0n) is 50.6. The summed E-state index contributed by atoms with van der Waals surface area (Å²) in [6.07, 6.45) is 53.5. The molecule has 2 rings (SSSR count). The van der Waals surface area contributed by atoms with Crippen molar-refractivity contribution < 1.29 is 35.4 Å². The predicted octanol–water partition coefficient (Wildman–Crippen LogP) is 21.2.